The van der Waals surface area contributed by atoms with Gasteiger partial charge >= 0.3 is 0 Å². The molecule has 94 valence electrons. The summed E-state index contributed by atoms with van der Waals surface area (Å²) in [5, 5.41) is 6.47. The standard InChI is InChI=1S/C12H19N3O2/c1-9-7-11(14-17-9)13-12(16)8-15(2)10-5-3-4-6-10/h7,10H,3-6,8H2,1-2H3,(H,13,14,16). The van der Waals surface area contributed by atoms with Crippen LogP contribution in [0.5, 0.6) is 0 Å². The van der Waals surface area contributed by atoms with Crippen molar-refractivity contribution in [2.24, 2.45) is 0 Å². The number of nitrogens with zero attached hydrogens (tertiary/aromatic N) is 2. The van der Waals surface area contributed by atoms with Crippen LogP contribution in [0, 0.1) is 6.92 Å². The van der Waals surface area contributed by atoms with Crippen molar-refractivity contribution in [3.8, 4) is 0 Å². The van der Waals surface area contributed by atoms with Crippen LogP contribution >= 0.6 is 0 Å². The molecule has 1 saturated carbocycles. The third kappa shape index (κ3) is 3.30. The molecule has 0 radical (unpaired) electrons. The largest absolute Gasteiger partial charge is 0.360 e. The van der Waals surface area contributed by atoms with Crippen molar-refractivity contribution < 1.29 is 9.32 Å². The summed E-state index contributed by atoms with van der Waals surface area (Å²) in [5.41, 5.74) is 0. The van der Waals surface area contributed by atoms with Gasteiger partial charge in [-0.1, -0.05) is 18.0 Å². The Balaban J connectivity index is 1.80. The molecule has 1 heterocycles. The number of anilines is 1. The molecule has 5 nitrogen and oxygen atoms in total. The van der Waals surface area contributed by atoms with Crippen molar-refractivity contribution in [3.63, 3.8) is 0 Å². The third-order valence-electron chi connectivity index (χ3n) is 3.24. The van der Waals surface area contributed by atoms with Crippen LogP contribution in [0.1, 0.15) is 31.4 Å². The van der Waals surface area contributed by atoms with Crippen molar-refractivity contribution in [3.05, 3.63) is 11.8 Å². The molecule has 0 aromatic carbocycles. The molecule has 1 aromatic heterocycles. The summed E-state index contributed by atoms with van der Waals surface area (Å²) in [4.78, 5) is 13.9. The average Bonchev–Trinajstić information content (AvgIpc) is 2.89. The lowest BCUT2D eigenvalue weighted by molar-refractivity contribution is -0.117. The lowest BCUT2D eigenvalue weighted by Crippen LogP contribution is -2.36. The first-order chi connectivity index (χ1) is 8.15. The zero-order valence-electron chi connectivity index (χ0n) is 10.4. The van der Waals surface area contributed by atoms with Gasteiger partial charge in [-0.05, 0) is 26.8 Å². The smallest absolute Gasteiger partial charge is 0.239 e. The van der Waals surface area contributed by atoms with E-state index >= 15 is 0 Å². The maximum Gasteiger partial charge on any atom is 0.239 e. The molecule has 0 aliphatic heterocycles. The fourth-order valence-electron chi connectivity index (χ4n) is 2.31. The number of carbonyl (C=O) groups excluding carboxylic acids is 1. The number of rotatable bonds is 4. The first-order valence-corrected chi connectivity index (χ1v) is 6.08. The summed E-state index contributed by atoms with van der Waals surface area (Å²) in [7, 11) is 2.00. The topological polar surface area (TPSA) is 58.4 Å². The number of hydrogen-bond acceptors (Lipinski definition) is 4. The summed E-state index contributed by atoms with van der Waals surface area (Å²) < 4.78 is 4.89. The van der Waals surface area contributed by atoms with Gasteiger partial charge in [-0.15, -0.1) is 0 Å². The number of aromatic nitrogens is 1. The van der Waals surface area contributed by atoms with Gasteiger partial charge < -0.3 is 9.84 Å². The van der Waals surface area contributed by atoms with Crippen molar-refractivity contribution in [1.82, 2.24) is 10.1 Å². The third-order valence-corrected chi connectivity index (χ3v) is 3.24. The van der Waals surface area contributed by atoms with Crippen molar-refractivity contribution in [2.45, 2.75) is 38.6 Å². The predicted molar refractivity (Wildman–Crippen MR) is 64.8 cm³/mol. The van der Waals surface area contributed by atoms with Gasteiger partial charge in [-0.3, -0.25) is 9.69 Å². The van der Waals surface area contributed by atoms with E-state index in [1.54, 1.807) is 13.0 Å². The molecule has 1 N–H and O–H groups in total. The van der Waals surface area contributed by atoms with E-state index in [9.17, 15) is 4.79 Å². The van der Waals surface area contributed by atoms with Gasteiger partial charge in [-0.2, -0.15) is 0 Å². The second kappa shape index (κ2) is 5.31. The van der Waals surface area contributed by atoms with Crippen LogP contribution in [-0.2, 0) is 4.79 Å². The van der Waals surface area contributed by atoms with Crippen molar-refractivity contribution in [2.75, 3.05) is 18.9 Å². The Bertz CT molecular complexity index is 383. The molecule has 1 fully saturated rings. The maximum atomic E-state index is 11.8. The number of likely N-dealkylation sites (N-methyl/N-ethyl adjacent to an activating group) is 1. The average molecular weight is 237 g/mol. The van der Waals surface area contributed by atoms with Gasteiger partial charge in [0.1, 0.15) is 5.76 Å². The molecule has 1 aromatic rings. The number of nitrogens with one attached hydrogen (secondary N) is 1. The minimum absolute atomic E-state index is 0.0345. The summed E-state index contributed by atoms with van der Waals surface area (Å²) in [6.07, 6.45) is 4.96. The minimum Gasteiger partial charge on any atom is -0.360 e. The summed E-state index contributed by atoms with van der Waals surface area (Å²) in [6, 6.07) is 2.27. The van der Waals surface area contributed by atoms with Crippen molar-refractivity contribution >= 4 is 11.7 Å². The minimum atomic E-state index is -0.0345. The van der Waals surface area contributed by atoms with E-state index in [1.807, 2.05) is 7.05 Å². The first-order valence-electron chi connectivity index (χ1n) is 6.08. The van der Waals surface area contributed by atoms with E-state index in [1.165, 1.54) is 25.7 Å². The molecule has 0 bridgehead atoms. The van der Waals surface area contributed by atoms with Gasteiger partial charge in [0.05, 0.1) is 6.54 Å². The zero-order valence-corrected chi connectivity index (χ0v) is 10.4. The van der Waals surface area contributed by atoms with Crippen LogP contribution < -0.4 is 5.32 Å². The van der Waals surface area contributed by atoms with Crippen LogP contribution in [0.25, 0.3) is 0 Å². The highest BCUT2D eigenvalue weighted by molar-refractivity contribution is 5.91. The molecule has 0 saturated heterocycles. The molecule has 5 heteroatoms. The first kappa shape index (κ1) is 12.1. The molecule has 1 aliphatic carbocycles. The number of carbonyl (C=O) groups is 1. The highest BCUT2D eigenvalue weighted by atomic mass is 16.5. The van der Waals surface area contributed by atoms with Crippen LogP contribution in [-0.4, -0.2) is 35.6 Å². The van der Waals surface area contributed by atoms with E-state index in [0.29, 0.717) is 24.2 Å². The second-order valence-electron chi connectivity index (χ2n) is 4.72. The molecule has 1 amide bonds. The molecule has 0 atom stereocenters. The van der Waals surface area contributed by atoms with Gasteiger partial charge in [0.15, 0.2) is 5.82 Å². The summed E-state index contributed by atoms with van der Waals surface area (Å²) >= 11 is 0. The highest BCUT2D eigenvalue weighted by Crippen LogP contribution is 2.22. The monoisotopic (exact) mass is 237 g/mol. The molecule has 0 spiro atoms. The maximum absolute atomic E-state index is 11.8. The van der Waals surface area contributed by atoms with Gasteiger partial charge in [0.2, 0.25) is 5.91 Å². The Morgan fingerprint density at radius 3 is 2.88 bits per heavy atom. The van der Waals surface area contributed by atoms with E-state index < -0.39 is 0 Å². The fraction of sp³-hybridized carbons (Fsp3) is 0.667. The molecule has 17 heavy (non-hydrogen) atoms. The van der Waals surface area contributed by atoms with Crippen molar-refractivity contribution in [1.29, 1.82) is 0 Å². The highest BCUT2D eigenvalue weighted by Gasteiger charge is 2.21. The quantitative estimate of drug-likeness (QED) is 0.867. The summed E-state index contributed by atoms with van der Waals surface area (Å²) in [5.74, 6) is 1.16. The van der Waals surface area contributed by atoms with E-state index in [-0.39, 0.29) is 5.91 Å². The normalized spacial score (nSPS) is 16.6. The fourth-order valence-corrected chi connectivity index (χ4v) is 2.31. The number of aryl methyl sites for hydroxylation is 1. The SMILES string of the molecule is Cc1cc(NC(=O)CN(C)C2CCCC2)no1. The van der Waals surface area contributed by atoms with Gasteiger partial charge in [-0.25, -0.2) is 0 Å². The van der Waals surface area contributed by atoms with Gasteiger partial charge in [0.25, 0.3) is 0 Å². The van der Waals surface area contributed by atoms with E-state index in [2.05, 4.69) is 15.4 Å². The Hall–Kier alpha value is -1.36. The van der Waals surface area contributed by atoms with Crippen LogP contribution in [0.15, 0.2) is 10.6 Å². The molecule has 1 aliphatic rings. The van der Waals surface area contributed by atoms with Crippen LogP contribution in [0.3, 0.4) is 0 Å². The second-order valence-corrected chi connectivity index (χ2v) is 4.72. The Morgan fingerprint density at radius 1 is 1.59 bits per heavy atom. The van der Waals surface area contributed by atoms with Crippen LogP contribution in [0.2, 0.25) is 0 Å². The number of amides is 1. The van der Waals surface area contributed by atoms with E-state index in [4.69, 9.17) is 4.52 Å². The Morgan fingerprint density at radius 2 is 2.29 bits per heavy atom. The molecule has 0 unspecified atom stereocenters. The zero-order chi connectivity index (χ0) is 12.3. The lowest BCUT2D eigenvalue weighted by atomic mass is 10.2. The van der Waals surface area contributed by atoms with Crippen LogP contribution in [0.4, 0.5) is 5.82 Å². The molecular formula is C12H19N3O2. The predicted octanol–water partition coefficient (Wildman–Crippen LogP) is 1.80. The van der Waals surface area contributed by atoms with Gasteiger partial charge in [0, 0.05) is 12.1 Å². The Kier molecular flexibility index (Phi) is 3.78. The Labute approximate surface area is 101 Å². The summed E-state index contributed by atoms with van der Waals surface area (Å²) in [6.45, 7) is 2.21. The molecule has 2 rings (SSSR count). The number of hydrogen-bond donors (Lipinski definition) is 1. The van der Waals surface area contributed by atoms with E-state index in [0.717, 1.165) is 0 Å². The lowest BCUT2D eigenvalue weighted by Gasteiger charge is -2.22. The molecular weight excluding hydrogens is 218 g/mol.